The van der Waals surface area contributed by atoms with E-state index in [0.29, 0.717) is 0 Å². The number of amides is 1. The molecule has 2 aromatic rings. The van der Waals surface area contributed by atoms with Gasteiger partial charge in [-0.3, -0.25) is 4.79 Å². The highest BCUT2D eigenvalue weighted by molar-refractivity contribution is 6.34. The van der Waals surface area contributed by atoms with E-state index in [-0.39, 0.29) is 15.7 Å². The van der Waals surface area contributed by atoms with Crippen molar-refractivity contribution in [2.24, 2.45) is 0 Å². The number of nitrogens with one attached hydrogen (secondary N) is 1. The fraction of sp³-hybridized carbons (Fsp3) is 0.125. The topological polar surface area (TPSA) is 55.4 Å². The molecule has 1 amide bonds. The quantitative estimate of drug-likeness (QED) is 0.805. The largest absolute Gasteiger partial charge is 0.449 e. The van der Waals surface area contributed by atoms with Crippen LogP contribution in [0.25, 0.3) is 0 Å². The third-order valence-electron chi connectivity index (χ3n) is 3.01. The monoisotopic (exact) mass is 373 g/mol. The van der Waals surface area contributed by atoms with Crippen molar-refractivity contribution in [2.45, 2.75) is 13.0 Å². The summed E-state index contributed by atoms with van der Waals surface area (Å²) in [6.07, 6.45) is -1.26. The van der Waals surface area contributed by atoms with Gasteiger partial charge in [0.15, 0.2) is 6.10 Å². The summed E-state index contributed by atoms with van der Waals surface area (Å²) in [6.45, 7) is 1.29. The van der Waals surface area contributed by atoms with Crippen molar-refractivity contribution in [2.75, 3.05) is 5.32 Å². The molecule has 0 bridgehead atoms. The van der Waals surface area contributed by atoms with Gasteiger partial charge in [-0.1, -0.05) is 29.3 Å². The van der Waals surface area contributed by atoms with E-state index in [1.807, 2.05) is 0 Å². The van der Waals surface area contributed by atoms with Crippen molar-refractivity contribution < 1.29 is 23.1 Å². The summed E-state index contributed by atoms with van der Waals surface area (Å²) in [4.78, 5) is 24.0. The van der Waals surface area contributed by atoms with E-state index in [1.54, 1.807) is 0 Å². The maximum atomic E-state index is 13.7. The first kappa shape index (κ1) is 18.2. The average Bonchev–Trinajstić information content (AvgIpc) is 2.49. The highest BCUT2D eigenvalue weighted by Crippen LogP contribution is 2.23. The molecule has 24 heavy (non-hydrogen) atoms. The Balaban J connectivity index is 2.07. The lowest BCUT2D eigenvalue weighted by atomic mass is 10.2. The molecule has 0 saturated heterocycles. The van der Waals surface area contributed by atoms with Crippen molar-refractivity contribution >= 4 is 40.8 Å². The van der Waals surface area contributed by atoms with Crippen LogP contribution in [0.4, 0.5) is 14.5 Å². The number of benzene rings is 2. The zero-order valence-corrected chi connectivity index (χ0v) is 13.8. The van der Waals surface area contributed by atoms with Gasteiger partial charge in [-0.25, -0.2) is 13.6 Å². The van der Waals surface area contributed by atoms with Crippen LogP contribution in [0.1, 0.15) is 17.3 Å². The van der Waals surface area contributed by atoms with Crippen LogP contribution < -0.4 is 5.32 Å². The summed E-state index contributed by atoms with van der Waals surface area (Å²) in [6, 6.07) is 7.10. The zero-order chi connectivity index (χ0) is 17.9. The molecule has 4 nitrogen and oxygen atoms in total. The highest BCUT2D eigenvalue weighted by Gasteiger charge is 2.23. The third-order valence-corrected chi connectivity index (χ3v) is 3.64. The molecule has 0 heterocycles. The van der Waals surface area contributed by atoms with Crippen molar-refractivity contribution in [1.29, 1.82) is 0 Å². The molecule has 0 radical (unpaired) electrons. The molecule has 1 N–H and O–H groups in total. The van der Waals surface area contributed by atoms with Crippen LogP contribution in [0.3, 0.4) is 0 Å². The van der Waals surface area contributed by atoms with Crippen LogP contribution in [0.15, 0.2) is 36.4 Å². The SMILES string of the molecule is C[C@H](OC(=O)c1c(F)cccc1Cl)C(=O)Nc1ccc(F)cc1Cl. The molecule has 0 aliphatic heterocycles. The molecule has 0 spiro atoms. The second kappa shape index (κ2) is 7.59. The van der Waals surface area contributed by atoms with Crippen LogP contribution in [0, 0.1) is 11.6 Å². The van der Waals surface area contributed by atoms with Gasteiger partial charge in [-0.15, -0.1) is 0 Å². The van der Waals surface area contributed by atoms with E-state index in [9.17, 15) is 18.4 Å². The first-order valence-corrected chi connectivity index (χ1v) is 7.46. The van der Waals surface area contributed by atoms with Crippen LogP contribution in [0.5, 0.6) is 0 Å². The smallest absolute Gasteiger partial charge is 0.343 e. The van der Waals surface area contributed by atoms with Crippen LogP contribution in [0.2, 0.25) is 10.0 Å². The van der Waals surface area contributed by atoms with Crippen LogP contribution in [-0.2, 0) is 9.53 Å². The Morgan fingerprint density at radius 2 is 1.83 bits per heavy atom. The molecule has 2 aromatic carbocycles. The predicted octanol–water partition coefficient (Wildman–Crippen LogP) is 4.46. The van der Waals surface area contributed by atoms with Crippen molar-refractivity contribution in [3.63, 3.8) is 0 Å². The van der Waals surface area contributed by atoms with Gasteiger partial charge in [0.1, 0.15) is 17.2 Å². The van der Waals surface area contributed by atoms with Gasteiger partial charge >= 0.3 is 5.97 Å². The summed E-state index contributed by atoms with van der Waals surface area (Å²) < 4.78 is 31.5. The Hall–Kier alpha value is -2.18. The molecule has 0 unspecified atom stereocenters. The lowest BCUT2D eigenvalue weighted by Gasteiger charge is -2.15. The summed E-state index contributed by atoms with van der Waals surface area (Å²) in [5.74, 6) is -3.22. The Morgan fingerprint density at radius 3 is 2.46 bits per heavy atom. The van der Waals surface area contributed by atoms with Gasteiger partial charge in [-0.2, -0.15) is 0 Å². The number of rotatable bonds is 4. The highest BCUT2D eigenvalue weighted by atomic mass is 35.5. The van der Waals surface area contributed by atoms with Gasteiger partial charge in [0.25, 0.3) is 5.91 Å². The molecule has 126 valence electrons. The second-order valence-corrected chi connectivity index (χ2v) is 5.57. The number of anilines is 1. The summed E-state index contributed by atoms with van der Waals surface area (Å²) in [5, 5.41) is 2.24. The first-order valence-electron chi connectivity index (χ1n) is 6.70. The predicted molar refractivity (Wildman–Crippen MR) is 86.3 cm³/mol. The first-order chi connectivity index (χ1) is 11.3. The van der Waals surface area contributed by atoms with E-state index in [2.05, 4.69) is 5.32 Å². The maximum absolute atomic E-state index is 13.7. The number of hydrogen-bond donors (Lipinski definition) is 1. The Morgan fingerprint density at radius 1 is 1.12 bits per heavy atom. The molecule has 8 heteroatoms. The average molecular weight is 374 g/mol. The van der Waals surface area contributed by atoms with E-state index >= 15 is 0 Å². The Bertz CT molecular complexity index is 779. The Labute approximate surface area is 146 Å². The number of halogens is 4. The minimum atomic E-state index is -1.26. The molecular formula is C16H11Cl2F2NO3. The van der Waals surface area contributed by atoms with Gasteiger partial charge in [0.2, 0.25) is 0 Å². The molecule has 2 rings (SSSR count). The summed E-state index contributed by atoms with van der Waals surface area (Å²) >= 11 is 11.6. The third kappa shape index (κ3) is 4.21. The van der Waals surface area contributed by atoms with E-state index < -0.39 is 35.2 Å². The van der Waals surface area contributed by atoms with Crippen LogP contribution >= 0.6 is 23.2 Å². The second-order valence-electron chi connectivity index (χ2n) is 4.76. The number of esters is 1. The van der Waals surface area contributed by atoms with Crippen LogP contribution in [-0.4, -0.2) is 18.0 Å². The lowest BCUT2D eigenvalue weighted by Crippen LogP contribution is -2.30. The number of carbonyl (C=O) groups is 2. The van der Waals surface area contributed by atoms with Crippen molar-refractivity contribution in [3.05, 3.63) is 63.6 Å². The normalized spacial score (nSPS) is 11.7. The molecule has 1 atom stereocenters. The van der Waals surface area contributed by atoms with E-state index in [1.165, 1.54) is 25.1 Å². The van der Waals surface area contributed by atoms with Gasteiger partial charge < -0.3 is 10.1 Å². The summed E-state index contributed by atoms with van der Waals surface area (Å²) in [5.41, 5.74) is -0.312. The molecule has 0 aromatic heterocycles. The molecule has 0 saturated carbocycles. The fourth-order valence-electron chi connectivity index (χ4n) is 1.79. The van der Waals surface area contributed by atoms with Gasteiger partial charge in [0.05, 0.1) is 15.7 Å². The van der Waals surface area contributed by atoms with Gasteiger partial charge in [0, 0.05) is 0 Å². The van der Waals surface area contributed by atoms with Crippen molar-refractivity contribution in [1.82, 2.24) is 0 Å². The maximum Gasteiger partial charge on any atom is 0.343 e. The van der Waals surface area contributed by atoms with E-state index in [0.717, 1.165) is 18.2 Å². The van der Waals surface area contributed by atoms with Crippen molar-refractivity contribution in [3.8, 4) is 0 Å². The standard InChI is InChI=1S/C16H11Cl2F2NO3/c1-8(15(22)21-13-6-5-9(19)7-11(13)18)24-16(23)14-10(17)3-2-4-12(14)20/h2-8H,1H3,(H,21,22)/t8-/m0/s1. The molecular weight excluding hydrogens is 363 g/mol. The number of carbonyl (C=O) groups excluding carboxylic acids is 2. The number of hydrogen-bond acceptors (Lipinski definition) is 3. The fourth-order valence-corrected chi connectivity index (χ4v) is 2.25. The Kier molecular flexibility index (Phi) is 5.75. The van der Waals surface area contributed by atoms with Gasteiger partial charge in [-0.05, 0) is 37.3 Å². The number of ether oxygens (including phenoxy) is 1. The summed E-state index contributed by atoms with van der Waals surface area (Å²) in [7, 11) is 0. The minimum Gasteiger partial charge on any atom is -0.449 e. The zero-order valence-electron chi connectivity index (χ0n) is 12.3. The lowest BCUT2D eigenvalue weighted by molar-refractivity contribution is -0.123. The molecule has 0 fully saturated rings. The molecule has 0 aliphatic carbocycles. The molecule has 0 aliphatic rings. The van der Waals surface area contributed by atoms with E-state index in [4.69, 9.17) is 27.9 Å². The minimum absolute atomic E-state index is 0.0148.